The summed E-state index contributed by atoms with van der Waals surface area (Å²) in [5.74, 6) is 1.85. The summed E-state index contributed by atoms with van der Waals surface area (Å²) < 4.78 is 6.44. The Morgan fingerprint density at radius 3 is 1.68 bits per heavy atom. The molecule has 0 unspecified atom stereocenters. The Labute approximate surface area is 271 Å². The van der Waals surface area contributed by atoms with Gasteiger partial charge in [-0.3, -0.25) is 0 Å². The molecule has 0 aliphatic heterocycles. The summed E-state index contributed by atoms with van der Waals surface area (Å²) in [6, 6.07) is 56.4. The van der Waals surface area contributed by atoms with Crippen LogP contribution in [0.3, 0.4) is 0 Å². The molecule has 0 fully saturated rings. The highest BCUT2D eigenvalue weighted by atomic mass is 16.3. The molecule has 0 atom stereocenters. The molecule has 0 saturated carbocycles. The third-order valence-corrected chi connectivity index (χ3v) is 8.74. The second-order valence-corrected chi connectivity index (χ2v) is 11.7. The molecule has 9 rings (SSSR count). The molecule has 7 aromatic carbocycles. The smallest absolute Gasteiger partial charge is 0.164 e. The molecule has 0 aliphatic carbocycles. The van der Waals surface area contributed by atoms with Gasteiger partial charge < -0.3 is 4.42 Å². The molecular weight excluding hydrogens is 574 g/mol. The number of nitrogens with zero attached hydrogens (tertiary/aromatic N) is 3. The van der Waals surface area contributed by atoms with Gasteiger partial charge in [0.15, 0.2) is 17.5 Å². The Morgan fingerprint density at radius 1 is 0.340 bits per heavy atom. The number of hydrogen-bond donors (Lipinski definition) is 0. The van der Waals surface area contributed by atoms with E-state index in [1.807, 2.05) is 24.3 Å². The van der Waals surface area contributed by atoms with Gasteiger partial charge in [-0.05, 0) is 57.3 Å². The van der Waals surface area contributed by atoms with Crippen LogP contribution in [0.4, 0.5) is 0 Å². The minimum Gasteiger partial charge on any atom is -0.456 e. The van der Waals surface area contributed by atoms with E-state index in [0.717, 1.165) is 60.7 Å². The van der Waals surface area contributed by atoms with Gasteiger partial charge in [-0.15, -0.1) is 0 Å². The summed E-state index contributed by atoms with van der Waals surface area (Å²) in [4.78, 5) is 15.2. The minimum absolute atomic E-state index is 0.603. The van der Waals surface area contributed by atoms with Crippen molar-refractivity contribution in [3.8, 4) is 56.4 Å². The Bertz CT molecular complexity index is 2550. The zero-order valence-electron chi connectivity index (χ0n) is 25.3. The molecule has 2 aromatic heterocycles. The molecule has 9 aromatic rings. The maximum absolute atomic E-state index is 6.44. The van der Waals surface area contributed by atoms with Gasteiger partial charge in [-0.25, -0.2) is 15.0 Å². The molecule has 0 N–H and O–H groups in total. The highest BCUT2D eigenvalue weighted by Crippen LogP contribution is 2.38. The Hall–Kier alpha value is -6.39. The van der Waals surface area contributed by atoms with Crippen LogP contribution in [-0.4, -0.2) is 15.0 Å². The molecule has 4 heteroatoms. The fourth-order valence-corrected chi connectivity index (χ4v) is 6.35. The van der Waals surface area contributed by atoms with E-state index < -0.39 is 0 Å². The Balaban J connectivity index is 1.23. The first kappa shape index (κ1) is 27.0. The first-order chi connectivity index (χ1) is 23.3. The molecule has 0 spiro atoms. The lowest BCUT2D eigenvalue weighted by molar-refractivity contribution is 0.669. The number of furan rings is 1. The zero-order valence-corrected chi connectivity index (χ0v) is 25.3. The largest absolute Gasteiger partial charge is 0.456 e. The predicted molar refractivity (Wildman–Crippen MR) is 192 cm³/mol. The van der Waals surface area contributed by atoms with Gasteiger partial charge in [0.25, 0.3) is 0 Å². The highest BCUT2D eigenvalue weighted by Gasteiger charge is 2.18. The topological polar surface area (TPSA) is 51.8 Å². The summed E-state index contributed by atoms with van der Waals surface area (Å²) in [5.41, 5.74) is 8.95. The predicted octanol–water partition coefficient (Wildman–Crippen LogP) is 11.3. The third-order valence-electron chi connectivity index (χ3n) is 8.74. The van der Waals surface area contributed by atoms with E-state index in [-0.39, 0.29) is 0 Å². The van der Waals surface area contributed by atoms with Crippen LogP contribution in [0.15, 0.2) is 168 Å². The van der Waals surface area contributed by atoms with Crippen molar-refractivity contribution in [1.82, 2.24) is 15.0 Å². The molecule has 0 radical (unpaired) electrons. The number of hydrogen-bond acceptors (Lipinski definition) is 4. The van der Waals surface area contributed by atoms with Crippen molar-refractivity contribution in [1.29, 1.82) is 0 Å². The van der Waals surface area contributed by atoms with E-state index in [4.69, 9.17) is 19.4 Å². The van der Waals surface area contributed by atoms with Crippen LogP contribution in [0.5, 0.6) is 0 Å². The van der Waals surface area contributed by atoms with E-state index in [1.165, 1.54) is 10.9 Å². The SMILES string of the molecule is c1ccc(-c2ccc(-c3nc(-c4ccc5ccccc5c4)nc(-c4cccc5oc6cc(-c7ccccc7)ccc6c45)n3)cc2)cc1. The fraction of sp³-hybridized carbons (Fsp3) is 0. The third kappa shape index (κ3) is 4.93. The zero-order chi connectivity index (χ0) is 31.2. The molecule has 4 nitrogen and oxygen atoms in total. The van der Waals surface area contributed by atoms with Crippen LogP contribution >= 0.6 is 0 Å². The van der Waals surface area contributed by atoms with Gasteiger partial charge in [0.2, 0.25) is 0 Å². The quantitative estimate of drug-likeness (QED) is 0.197. The number of aromatic nitrogens is 3. The first-order valence-corrected chi connectivity index (χ1v) is 15.7. The maximum atomic E-state index is 6.44. The molecule has 0 aliphatic rings. The number of benzene rings is 7. The van der Waals surface area contributed by atoms with Crippen molar-refractivity contribution >= 4 is 32.7 Å². The van der Waals surface area contributed by atoms with Crippen molar-refractivity contribution in [2.45, 2.75) is 0 Å². The van der Waals surface area contributed by atoms with Crippen LogP contribution in [0, 0.1) is 0 Å². The maximum Gasteiger partial charge on any atom is 0.164 e. The van der Waals surface area contributed by atoms with Gasteiger partial charge in [-0.1, -0.05) is 140 Å². The van der Waals surface area contributed by atoms with Crippen molar-refractivity contribution in [2.75, 3.05) is 0 Å². The Kier molecular flexibility index (Phi) is 6.43. The fourth-order valence-electron chi connectivity index (χ4n) is 6.35. The Morgan fingerprint density at radius 2 is 0.915 bits per heavy atom. The molecule has 0 saturated heterocycles. The summed E-state index contributed by atoms with van der Waals surface area (Å²) in [6.07, 6.45) is 0. The van der Waals surface area contributed by atoms with E-state index in [1.54, 1.807) is 0 Å². The first-order valence-electron chi connectivity index (χ1n) is 15.7. The monoisotopic (exact) mass is 601 g/mol. The van der Waals surface area contributed by atoms with Crippen molar-refractivity contribution < 1.29 is 4.42 Å². The van der Waals surface area contributed by atoms with E-state index >= 15 is 0 Å². The van der Waals surface area contributed by atoms with Crippen molar-refractivity contribution in [3.05, 3.63) is 164 Å². The lowest BCUT2D eigenvalue weighted by Gasteiger charge is -2.10. The molecule has 47 heavy (non-hydrogen) atoms. The van der Waals surface area contributed by atoms with E-state index in [9.17, 15) is 0 Å². The normalized spacial score (nSPS) is 11.4. The van der Waals surface area contributed by atoms with Gasteiger partial charge in [0.05, 0.1) is 0 Å². The molecule has 0 amide bonds. The molecular formula is C43H27N3O. The summed E-state index contributed by atoms with van der Waals surface area (Å²) >= 11 is 0. The van der Waals surface area contributed by atoms with E-state index in [0.29, 0.717) is 17.5 Å². The standard InChI is InChI=1S/C43H27N3O/c1-3-10-28(11-4-1)31-18-21-32(22-19-31)41-44-42(35-23-20-30-14-7-8-15-33(30)26-35)46-43(45-41)37-16-9-17-38-40(37)36-25-24-34(27-39(36)47-38)29-12-5-2-6-13-29/h1-27H. The van der Waals surface area contributed by atoms with Gasteiger partial charge in [0.1, 0.15) is 11.2 Å². The number of rotatable bonds is 5. The van der Waals surface area contributed by atoms with Crippen molar-refractivity contribution in [3.63, 3.8) is 0 Å². The average molecular weight is 602 g/mol. The summed E-state index contributed by atoms with van der Waals surface area (Å²) in [6.45, 7) is 0. The molecule has 2 heterocycles. The number of fused-ring (bicyclic) bond motifs is 4. The molecule has 0 bridgehead atoms. The second kappa shape index (κ2) is 11.2. The average Bonchev–Trinajstić information content (AvgIpc) is 3.53. The lowest BCUT2D eigenvalue weighted by atomic mass is 10.0. The van der Waals surface area contributed by atoms with E-state index in [2.05, 4.69) is 140 Å². The molecule has 220 valence electrons. The van der Waals surface area contributed by atoms with Gasteiger partial charge >= 0.3 is 0 Å². The van der Waals surface area contributed by atoms with Crippen LogP contribution in [-0.2, 0) is 0 Å². The summed E-state index contributed by atoms with van der Waals surface area (Å²) in [7, 11) is 0. The highest BCUT2D eigenvalue weighted by molar-refractivity contribution is 6.12. The lowest BCUT2D eigenvalue weighted by Crippen LogP contribution is -2.00. The van der Waals surface area contributed by atoms with Crippen molar-refractivity contribution in [2.24, 2.45) is 0 Å². The van der Waals surface area contributed by atoms with Crippen LogP contribution in [0.1, 0.15) is 0 Å². The van der Waals surface area contributed by atoms with Crippen LogP contribution in [0.2, 0.25) is 0 Å². The van der Waals surface area contributed by atoms with Crippen LogP contribution < -0.4 is 0 Å². The van der Waals surface area contributed by atoms with Crippen LogP contribution in [0.25, 0.3) is 89.1 Å². The minimum atomic E-state index is 0.603. The van der Waals surface area contributed by atoms with Gasteiger partial charge in [-0.2, -0.15) is 0 Å². The second-order valence-electron chi connectivity index (χ2n) is 11.7. The summed E-state index contributed by atoms with van der Waals surface area (Å²) in [5, 5.41) is 4.32. The van der Waals surface area contributed by atoms with Gasteiger partial charge in [0, 0.05) is 27.5 Å².